The molecule has 0 atom stereocenters. The number of likely N-dealkylation sites (N-methyl/N-ethyl adjacent to an activating group) is 1. The molecule has 0 saturated heterocycles. The lowest BCUT2D eigenvalue weighted by molar-refractivity contribution is 0.0769. The number of amides is 1. The molecule has 0 spiro atoms. The predicted molar refractivity (Wildman–Crippen MR) is 104 cm³/mol. The van der Waals surface area contributed by atoms with Gasteiger partial charge in [-0.05, 0) is 32.4 Å². The number of methoxy groups -OCH3 is 1. The molecular formula is C19H24N4O2S. The normalized spacial score (nSPS) is 11.1. The first-order valence-electron chi connectivity index (χ1n) is 8.83. The zero-order chi connectivity index (χ0) is 18.7. The zero-order valence-corrected chi connectivity index (χ0v) is 16.4. The number of aryl methyl sites for hydroxylation is 2. The fourth-order valence-electron chi connectivity index (χ4n) is 2.95. The van der Waals surface area contributed by atoms with Crippen molar-refractivity contribution in [1.29, 1.82) is 0 Å². The first-order valence-corrected chi connectivity index (χ1v) is 9.65. The van der Waals surface area contributed by atoms with Crippen LogP contribution in [0.1, 0.15) is 40.0 Å². The third kappa shape index (κ3) is 3.72. The number of aromatic nitrogens is 3. The van der Waals surface area contributed by atoms with Crippen molar-refractivity contribution in [3.05, 3.63) is 39.6 Å². The molecule has 138 valence electrons. The van der Waals surface area contributed by atoms with Gasteiger partial charge in [-0.1, -0.05) is 6.92 Å². The summed E-state index contributed by atoms with van der Waals surface area (Å²) >= 11 is 1.48. The SMILES string of the molecule is CCc1nc(C)sc1C(=O)N(CC)CCc1nc2ccc(OC)cc2[nH]1. The van der Waals surface area contributed by atoms with Gasteiger partial charge in [0.25, 0.3) is 5.91 Å². The fourth-order valence-corrected chi connectivity index (χ4v) is 3.93. The molecule has 3 aromatic rings. The topological polar surface area (TPSA) is 71.1 Å². The number of carbonyl (C=O) groups excluding carboxylic acids is 1. The molecule has 0 aliphatic heterocycles. The third-order valence-electron chi connectivity index (χ3n) is 4.36. The van der Waals surface area contributed by atoms with Gasteiger partial charge < -0.3 is 14.6 Å². The van der Waals surface area contributed by atoms with Gasteiger partial charge in [0.05, 0.1) is 28.8 Å². The molecule has 0 bridgehead atoms. The summed E-state index contributed by atoms with van der Waals surface area (Å²) in [5.41, 5.74) is 2.74. The van der Waals surface area contributed by atoms with Crippen LogP contribution in [0.4, 0.5) is 0 Å². The van der Waals surface area contributed by atoms with Gasteiger partial charge >= 0.3 is 0 Å². The molecule has 0 fully saturated rings. The number of hydrogen-bond donors (Lipinski definition) is 1. The molecule has 7 heteroatoms. The molecule has 0 saturated carbocycles. The molecule has 2 aromatic heterocycles. The van der Waals surface area contributed by atoms with Gasteiger partial charge in [0, 0.05) is 25.6 Å². The van der Waals surface area contributed by atoms with Crippen molar-refractivity contribution in [2.75, 3.05) is 20.2 Å². The highest BCUT2D eigenvalue weighted by Gasteiger charge is 2.21. The van der Waals surface area contributed by atoms with E-state index in [9.17, 15) is 4.79 Å². The maximum Gasteiger partial charge on any atom is 0.265 e. The van der Waals surface area contributed by atoms with Gasteiger partial charge in [-0.25, -0.2) is 9.97 Å². The number of imidazole rings is 1. The van der Waals surface area contributed by atoms with Gasteiger partial charge in [-0.3, -0.25) is 4.79 Å². The van der Waals surface area contributed by atoms with E-state index in [1.165, 1.54) is 11.3 Å². The first-order chi connectivity index (χ1) is 12.5. The lowest BCUT2D eigenvalue weighted by Crippen LogP contribution is -2.33. The Morgan fingerprint density at radius 3 is 2.81 bits per heavy atom. The predicted octanol–water partition coefficient (Wildman–Crippen LogP) is 3.60. The van der Waals surface area contributed by atoms with Crippen LogP contribution in [0.3, 0.4) is 0 Å². The number of nitrogens with zero attached hydrogens (tertiary/aromatic N) is 3. The van der Waals surface area contributed by atoms with Crippen LogP contribution in [0, 0.1) is 6.92 Å². The summed E-state index contributed by atoms with van der Waals surface area (Å²) in [5, 5.41) is 0.937. The van der Waals surface area contributed by atoms with Gasteiger partial charge in [0.15, 0.2) is 0 Å². The van der Waals surface area contributed by atoms with Crippen molar-refractivity contribution in [2.45, 2.75) is 33.6 Å². The summed E-state index contributed by atoms with van der Waals surface area (Å²) in [4.78, 5) is 27.9. The van der Waals surface area contributed by atoms with E-state index < -0.39 is 0 Å². The molecule has 3 rings (SSSR count). The lowest BCUT2D eigenvalue weighted by atomic mass is 10.2. The Hall–Kier alpha value is -2.41. The summed E-state index contributed by atoms with van der Waals surface area (Å²) in [6.45, 7) is 7.25. The van der Waals surface area contributed by atoms with E-state index in [0.717, 1.165) is 44.6 Å². The quantitative estimate of drug-likeness (QED) is 0.688. The van der Waals surface area contributed by atoms with Gasteiger partial charge in [0.1, 0.15) is 16.5 Å². The summed E-state index contributed by atoms with van der Waals surface area (Å²) in [5.74, 6) is 1.73. The molecule has 0 unspecified atom stereocenters. The standard InChI is InChI=1S/C19H24N4O2S/c1-5-14-18(26-12(3)20-14)19(24)23(6-2)10-9-17-21-15-8-7-13(25-4)11-16(15)22-17/h7-8,11H,5-6,9-10H2,1-4H3,(H,21,22). The molecule has 2 heterocycles. The van der Waals surface area contributed by atoms with Crippen molar-refractivity contribution in [3.8, 4) is 5.75 Å². The van der Waals surface area contributed by atoms with Crippen molar-refractivity contribution in [3.63, 3.8) is 0 Å². The van der Waals surface area contributed by atoms with Gasteiger partial charge in [0.2, 0.25) is 0 Å². The molecule has 6 nitrogen and oxygen atoms in total. The van der Waals surface area contributed by atoms with E-state index in [1.54, 1.807) is 7.11 Å². The minimum absolute atomic E-state index is 0.0627. The van der Waals surface area contributed by atoms with Gasteiger partial charge in [-0.2, -0.15) is 0 Å². The maximum atomic E-state index is 12.9. The van der Waals surface area contributed by atoms with E-state index >= 15 is 0 Å². The van der Waals surface area contributed by atoms with Crippen LogP contribution < -0.4 is 4.74 Å². The smallest absolute Gasteiger partial charge is 0.265 e. The van der Waals surface area contributed by atoms with Crippen LogP contribution in [0.25, 0.3) is 11.0 Å². The second-order valence-corrected chi connectivity index (χ2v) is 7.27. The fraction of sp³-hybridized carbons (Fsp3) is 0.421. The van der Waals surface area contributed by atoms with E-state index in [-0.39, 0.29) is 5.91 Å². The molecule has 0 aliphatic rings. The van der Waals surface area contributed by atoms with Crippen molar-refractivity contribution < 1.29 is 9.53 Å². The van der Waals surface area contributed by atoms with Crippen LogP contribution >= 0.6 is 11.3 Å². The minimum Gasteiger partial charge on any atom is -0.497 e. The van der Waals surface area contributed by atoms with E-state index in [2.05, 4.69) is 15.0 Å². The Bertz CT molecular complexity index is 916. The molecule has 0 radical (unpaired) electrons. The summed E-state index contributed by atoms with van der Waals surface area (Å²) in [6, 6.07) is 5.76. The molecule has 1 amide bonds. The minimum atomic E-state index is 0.0627. The third-order valence-corrected chi connectivity index (χ3v) is 5.36. The van der Waals surface area contributed by atoms with E-state index in [4.69, 9.17) is 4.74 Å². The lowest BCUT2D eigenvalue weighted by Gasteiger charge is -2.20. The van der Waals surface area contributed by atoms with Gasteiger partial charge in [-0.15, -0.1) is 11.3 Å². The number of aromatic amines is 1. The van der Waals surface area contributed by atoms with Crippen LogP contribution in [0.15, 0.2) is 18.2 Å². The second kappa shape index (κ2) is 7.86. The number of carbonyl (C=O) groups is 1. The van der Waals surface area contributed by atoms with Crippen molar-refractivity contribution >= 4 is 28.3 Å². The number of H-pyrrole nitrogens is 1. The average Bonchev–Trinajstić information content (AvgIpc) is 3.23. The number of rotatable bonds is 7. The first kappa shape index (κ1) is 18.4. The molecule has 0 aliphatic carbocycles. The number of fused-ring (bicyclic) bond motifs is 1. The van der Waals surface area contributed by atoms with Crippen LogP contribution in [0.2, 0.25) is 0 Å². The maximum absolute atomic E-state index is 12.9. The Morgan fingerprint density at radius 2 is 2.12 bits per heavy atom. The molecular weight excluding hydrogens is 348 g/mol. The largest absolute Gasteiger partial charge is 0.497 e. The number of benzene rings is 1. The molecule has 1 aromatic carbocycles. The molecule has 26 heavy (non-hydrogen) atoms. The Balaban J connectivity index is 1.73. The highest BCUT2D eigenvalue weighted by Crippen LogP contribution is 2.22. The monoisotopic (exact) mass is 372 g/mol. The van der Waals surface area contributed by atoms with Crippen LogP contribution in [-0.4, -0.2) is 46.0 Å². The van der Waals surface area contributed by atoms with Crippen LogP contribution in [0.5, 0.6) is 5.75 Å². The molecule has 1 N–H and O–H groups in total. The Morgan fingerprint density at radius 1 is 1.31 bits per heavy atom. The Labute approximate surface area is 157 Å². The number of hydrogen-bond acceptors (Lipinski definition) is 5. The van der Waals surface area contributed by atoms with E-state index in [1.807, 2.05) is 43.9 Å². The zero-order valence-electron chi connectivity index (χ0n) is 15.6. The number of ether oxygens (including phenoxy) is 1. The number of thiazole rings is 1. The second-order valence-electron chi connectivity index (χ2n) is 6.06. The average molecular weight is 372 g/mol. The van der Waals surface area contributed by atoms with Crippen molar-refractivity contribution in [1.82, 2.24) is 19.9 Å². The van der Waals surface area contributed by atoms with Crippen molar-refractivity contribution in [2.24, 2.45) is 0 Å². The van der Waals surface area contributed by atoms with E-state index in [0.29, 0.717) is 19.5 Å². The number of nitrogens with one attached hydrogen (secondary N) is 1. The highest BCUT2D eigenvalue weighted by atomic mass is 32.1. The highest BCUT2D eigenvalue weighted by molar-refractivity contribution is 7.13. The van der Waals surface area contributed by atoms with Crippen LogP contribution in [-0.2, 0) is 12.8 Å². The Kier molecular flexibility index (Phi) is 5.56. The summed E-state index contributed by atoms with van der Waals surface area (Å²) < 4.78 is 5.25. The summed E-state index contributed by atoms with van der Waals surface area (Å²) in [7, 11) is 1.65. The summed E-state index contributed by atoms with van der Waals surface area (Å²) in [6.07, 6.45) is 1.45.